The van der Waals surface area contributed by atoms with Gasteiger partial charge in [-0.2, -0.15) is 0 Å². The van der Waals surface area contributed by atoms with E-state index in [9.17, 15) is 19.2 Å². The monoisotopic (exact) mass is 283 g/mol. The maximum atomic E-state index is 11.8. The van der Waals surface area contributed by atoms with E-state index in [-0.39, 0.29) is 13.0 Å². The van der Waals surface area contributed by atoms with Crippen molar-refractivity contribution in [2.75, 3.05) is 0 Å². The van der Waals surface area contributed by atoms with Crippen molar-refractivity contribution < 1.29 is 14.7 Å². The van der Waals surface area contributed by atoms with Crippen LogP contribution in [0.5, 0.6) is 0 Å². The number of carbonyl (C=O) groups excluding carboxylic acids is 1. The first-order valence-corrected chi connectivity index (χ1v) is 6.23. The molecule has 1 atom stereocenters. The molecule has 1 amide bonds. The van der Waals surface area contributed by atoms with Gasteiger partial charge in [-0.1, -0.05) is 13.3 Å². The average molecular weight is 283 g/mol. The summed E-state index contributed by atoms with van der Waals surface area (Å²) in [4.78, 5) is 46.7. The van der Waals surface area contributed by atoms with Crippen molar-refractivity contribution in [2.45, 2.75) is 38.8 Å². The van der Waals surface area contributed by atoms with E-state index < -0.39 is 29.2 Å². The van der Waals surface area contributed by atoms with Crippen LogP contribution in [0.1, 0.15) is 26.2 Å². The van der Waals surface area contributed by atoms with E-state index in [1.807, 2.05) is 11.9 Å². The minimum Gasteiger partial charge on any atom is -0.481 e. The third-order valence-corrected chi connectivity index (χ3v) is 2.63. The highest BCUT2D eigenvalue weighted by Gasteiger charge is 2.15. The van der Waals surface area contributed by atoms with Crippen LogP contribution in [-0.4, -0.2) is 32.6 Å². The number of H-pyrrole nitrogens is 1. The third kappa shape index (κ3) is 5.09. The lowest BCUT2D eigenvalue weighted by molar-refractivity contribution is -0.137. The van der Waals surface area contributed by atoms with E-state index in [2.05, 4.69) is 5.32 Å². The molecular weight excluding hydrogens is 266 g/mol. The fourth-order valence-corrected chi connectivity index (χ4v) is 1.78. The van der Waals surface area contributed by atoms with Gasteiger partial charge in [-0.3, -0.25) is 23.9 Å². The standard InChI is InChI=1S/C12H17N3O5/c1-2-3-8(6-11(18)19)13-10(17)7-15-5-4-9(16)14-12(15)20/h4-5,8H,2-3,6-7H2,1H3,(H,13,17)(H,18,19)(H,14,16,20). The lowest BCUT2D eigenvalue weighted by Gasteiger charge is -2.16. The molecule has 0 aromatic carbocycles. The van der Waals surface area contributed by atoms with Gasteiger partial charge in [0.15, 0.2) is 0 Å². The number of aliphatic carboxylic acids is 1. The first-order chi connectivity index (χ1) is 9.42. The van der Waals surface area contributed by atoms with Gasteiger partial charge in [0.1, 0.15) is 6.54 Å². The summed E-state index contributed by atoms with van der Waals surface area (Å²) in [5.74, 6) is -1.47. The molecule has 1 heterocycles. The molecule has 8 heteroatoms. The number of hydrogen-bond acceptors (Lipinski definition) is 4. The number of nitrogens with one attached hydrogen (secondary N) is 2. The quantitative estimate of drug-likeness (QED) is 0.610. The van der Waals surface area contributed by atoms with Crippen LogP contribution in [-0.2, 0) is 16.1 Å². The summed E-state index contributed by atoms with van der Waals surface area (Å²) in [6.45, 7) is 1.61. The highest BCUT2D eigenvalue weighted by Crippen LogP contribution is 2.01. The van der Waals surface area contributed by atoms with Crippen LogP contribution in [0.3, 0.4) is 0 Å². The van der Waals surface area contributed by atoms with Gasteiger partial charge in [-0.05, 0) is 6.42 Å². The van der Waals surface area contributed by atoms with Crippen molar-refractivity contribution in [3.05, 3.63) is 33.1 Å². The van der Waals surface area contributed by atoms with Gasteiger partial charge < -0.3 is 10.4 Å². The summed E-state index contributed by atoms with van der Waals surface area (Å²) in [6, 6.07) is 0.665. The number of aromatic nitrogens is 2. The molecule has 0 radical (unpaired) electrons. The van der Waals surface area contributed by atoms with Gasteiger partial charge in [-0.25, -0.2) is 4.79 Å². The van der Waals surface area contributed by atoms with Crippen molar-refractivity contribution in [3.8, 4) is 0 Å². The molecule has 0 bridgehead atoms. The highest BCUT2D eigenvalue weighted by molar-refractivity contribution is 5.77. The molecule has 0 aliphatic carbocycles. The molecular formula is C12H17N3O5. The summed E-state index contributed by atoms with van der Waals surface area (Å²) in [5.41, 5.74) is -1.22. The van der Waals surface area contributed by atoms with Crippen molar-refractivity contribution >= 4 is 11.9 Å². The molecule has 8 nitrogen and oxygen atoms in total. The zero-order valence-corrected chi connectivity index (χ0v) is 11.1. The van der Waals surface area contributed by atoms with Gasteiger partial charge >= 0.3 is 11.7 Å². The molecule has 0 fully saturated rings. The average Bonchev–Trinajstić information content (AvgIpc) is 2.32. The third-order valence-electron chi connectivity index (χ3n) is 2.63. The van der Waals surface area contributed by atoms with Crippen molar-refractivity contribution in [1.82, 2.24) is 14.9 Å². The fraction of sp³-hybridized carbons (Fsp3) is 0.500. The van der Waals surface area contributed by atoms with E-state index in [1.165, 1.54) is 6.20 Å². The Kier molecular flexibility index (Phi) is 5.70. The maximum absolute atomic E-state index is 11.8. The number of aromatic amines is 1. The summed E-state index contributed by atoms with van der Waals surface area (Å²) in [6.07, 6.45) is 2.32. The van der Waals surface area contributed by atoms with Gasteiger partial charge in [0.2, 0.25) is 5.91 Å². The molecule has 1 aromatic rings. The molecule has 0 saturated heterocycles. The van der Waals surface area contributed by atoms with Crippen LogP contribution in [0.15, 0.2) is 21.9 Å². The predicted octanol–water partition coefficient (Wildman–Crippen LogP) is -0.704. The minimum absolute atomic E-state index is 0.167. The number of carbonyl (C=O) groups is 2. The Balaban J connectivity index is 2.67. The van der Waals surface area contributed by atoms with Crippen molar-refractivity contribution in [2.24, 2.45) is 0 Å². The number of amides is 1. The SMILES string of the molecule is CCCC(CC(=O)O)NC(=O)Cn1ccc(=O)[nH]c1=O. The Hall–Kier alpha value is -2.38. The van der Waals surface area contributed by atoms with Crippen LogP contribution < -0.4 is 16.6 Å². The summed E-state index contributed by atoms with van der Waals surface area (Å²) < 4.78 is 1.04. The second-order valence-corrected chi connectivity index (χ2v) is 4.39. The van der Waals surface area contributed by atoms with Gasteiger partial charge in [-0.15, -0.1) is 0 Å². The summed E-state index contributed by atoms with van der Waals surface area (Å²) >= 11 is 0. The van der Waals surface area contributed by atoms with Crippen LogP contribution in [0, 0.1) is 0 Å². The molecule has 20 heavy (non-hydrogen) atoms. The Morgan fingerprint density at radius 3 is 2.70 bits per heavy atom. The van der Waals surface area contributed by atoms with Crippen LogP contribution in [0.4, 0.5) is 0 Å². The van der Waals surface area contributed by atoms with E-state index in [1.54, 1.807) is 0 Å². The molecule has 0 saturated carbocycles. The second-order valence-electron chi connectivity index (χ2n) is 4.39. The number of nitrogens with zero attached hydrogens (tertiary/aromatic N) is 1. The lowest BCUT2D eigenvalue weighted by Crippen LogP contribution is -2.41. The predicted molar refractivity (Wildman–Crippen MR) is 70.4 cm³/mol. The van der Waals surface area contributed by atoms with Crippen LogP contribution >= 0.6 is 0 Å². The number of carboxylic acids is 1. The minimum atomic E-state index is -0.995. The normalized spacial score (nSPS) is 11.8. The Morgan fingerprint density at radius 1 is 1.45 bits per heavy atom. The van der Waals surface area contributed by atoms with E-state index in [0.717, 1.165) is 17.1 Å². The fourth-order valence-electron chi connectivity index (χ4n) is 1.78. The maximum Gasteiger partial charge on any atom is 0.328 e. The molecule has 1 aromatic heterocycles. The Labute approximate surface area is 114 Å². The lowest BCUT2D eigenvalue weighted by atomic mass is 10.1. The molecule has 110 valence electrons. The van der Waals surface area contributed by atoms with Gasteiger partial charge in [0.25, 0.3) is 5.56 Å². The number of hydrogen-bond donors (Lipinski definition) is 3. The molecule has 3 N–H and O–H groups in total. The molecule has 1 unspecified atom stereocenters. The Bertz CT molecular complexity index is 589. The molecule has 0 aliphatic heterocycles. The highest BCUT2D eigenvalue weighted by atomic mass is 16.4. The van der Waals surface area contributed by atoms with Crippen LogP contribution in [0.25, 0.3) is 0 Å². The molecule has 1 rings (SSSR count). The first kappa shape index (κ1) is 15.7. The Morgan fingerprint density at radius 2 is 2.15 bits per heavy atom. The zero-order valence-electron chi connectivity index (χ0n) is 11.1. The van der Waals surface area contributed by atoms with E-state index in [4.69, 9.17) is 5.11 Å². The largest absolute Gasteiger partial charge is 0.481 e. The summed E-state index contributed by atoms with van der Waals surface area (Å²) in [7, 11) is 0. The number of rotatable bonds is 7. The van der Waals surface area contributed by atoms with E-state index in [0.29, 0.717) is 6.42 Å². The topological polar surface area (TPSA) is 121 Å². The van der Waals surface area contributed by atoms with Gasteiger partial charge in [0.05, 0.1) is 6.42 Å². The smallest absolute Gasteiger partial charge is 0.328 e. The van der Waals surface area contributed by atoms with Crippen LogP contribution in [0.2, 0.25) is 0 Å². The van der Waals surface area contributed by atoms with Gasteiger partial charge in [0, 0.05) is 18.3 Å². The zero-order chi connectivity index (χ0) is 15.1. The summed E-state index contributed by atoms with van der Waals surface area (Å²) in [5, 5.41) is 11.3. The number of carboxylic acid groups (broad SMARTS) is 1. The van der Waals surface area contributed by atoms with Crippen molar-refractivity contribution in [1.29, 1.82) is 0 Å². The molecule has 0 aliphatic rings. The first-order valence-electron chi connectivity index (χ1n) is 6.23. The second kappa shape index (κ2) is 7.27. The van der Waals surface area contributed by atoms with E-state index >= 15 is 0 Å². The van der Waals surface area contributed by atoms with Crippen molar-refractivity contribution in [3.63, 3.8) is 0 Å². The molecule has 0 spiro atoms.